The molecule has 118 valence electrons. The SMILES string of the molecule is C/C=C1/CC[C@H]2[C@@H]3CC[C@@H]4C[C@](C)(O)C[C@@H]4[C@H]3CC[C@]12C. The van der Waals surface area contributed by atoms with Crippen molar-refractivity contribution in [2.24, 2.45) is 35.0 Å². The van der Waals surface area contributed by atoms with Gasteiger partial charge in [-0.2, -0.15) is 0 Å². The second-order valence-electron chi connectivity index (χ2n) is 9.15. The van der Waals surface area contributed by atoms with Crippen LogP contribution in [-0.4, -0.2) is 10.7 Å². The van der Waals surface area contributed by atoms with Crippen LogP contribution in [0.25, 0.3) is 0 Å². The molecule has 4 fully saturated rings. The minimum absolute atomic E-state index is 0.366. The highest BCUT2D eigenvalue weighted by Crippen LogP contribution is 2.65. The summed E-state index contributed by atoms with van der Waals surface area (Å²) in [5, 5.41) is 10.5. The number of aliphatic hydroxyl groups is 1. The van der Waals surface area contributed by atoms with Crippen LogP contribution in [-0.2, 0) is 0 Å². The van der Waals surface area contributed by atoms with Gasteiger partial charge in [0, 0.05) is 0 Å². The first-order chi connectivity index (χ1) is 9.94. The smallest absolute Gasteiger partial charge is 0.0625 e. The van der Waals surface area contributed by atoms with E-state index in [2.05, 4.69) is 26.8 Å². The normalized spacial score (nSPS) is 57.9. The Kier molecular flexibility index (Phi) is 3.13. The van der Waals surface area contributed by atoms with Gasteiger partial charge < -0.3 is 5.11 Å². The summed E-state index contributed by atoms with van der Waals surface area (Å²) >= 11 is 0. The molecule has 0 aliphatic heterocycles. The molecular formula is C20H32O. The molecule has 7 atom stereocenters. The highest BCUT2D eigenvalue weighted by atomic mass is 16.3. The summed E-state index contributed by atoms with van der Waals surface area (Å²) in [5.74, 6) is 4.48. The third kappa shape index (κ3) is 1.99. The molecule has 21 heavy (non-hydrogen) atoms. The van der Waals surface area contributed by atoms with Crippen LogP contribution in [0.3, 0.4) is 0 Å². The van der Waals surface area contributed by atoms with E-state index in [9.17, 15) is 5.11 Å². The monoisotopic (exact) mass is 288 g/mol. The number of hydrogen-bond acceptors (Lipinski definition) is 1. The summed E-state index contributed by atoms with van der Waals surface area (Å²) in [6.45, 7) is 6.90. The second kappa shape index (κ2) is 4.60. The zero-order valence-corrected chi connectivity index (χ0v) is 14.1. The van der Waals surface area contributed by atoms with Crippen LogP contribution in [0.1, 0.15) is 72.1 Å². The Balaban J connectivity index is 1.61. The van der Waals surface area contributed by atoms with E-state index in [4.69, 9.17) is 0 Å². The van der Waals surface area contributed by atoms with Crippen LogP contribution in [0, 0.1) is 35.0 Å². The van der Waals surface area contributed by atoms with Crippen molar-refractivity contribution in [3.63, 3.8) is 0 Å². The molecule has 0 unspecified atom stereocenters. The topological polar surface area (TPSA) is 20.2 Å². The summed E-state index contributed by atoms with van der Waals surface area (Å²) in [4.78, 5) is 0. The number of hydrogen-bond donors (Lipinski definition) is 1. The lowest BCUT2D eigenvalue weighted by atomic mass is 9.52. The highest BCUT2D eigenvalue weighted by molar-refractivity contribution is 5.23. The molecule has 4 rings (SSSR count). The minimum atomic E-state index is -0.366. The zero-order valence-electron chi connectivity index (χ0n) is 14.1. The first-order valence-corrected chi connectivity index (χ1v) is 9.33. The summed E-state index contributed by atoms with van der Waals surface area (Å²) in [6.07, 6.45) is 13.0. The average Bonchev–Trinajstić information content (AvgIpc) is 2.93. The molecular weight excluding hydrogens is 256 g/mol. The van der Waals surface area contributed by atoms with Crippen LogP contribution in [0.15, 0.2) is 11.6 Å². The fourth-order valence-corrected chi connectivity index (χ4v) is 7.28. The van der Waals surface area contributed by atoms with E-state index >= 15 is 0 Å². The lowest BCUT2D eigenvalue weighted by molar-refractivity contribution is -0.0193. The molecule has 4 saturated carbocycles. The molecule has 4 aliphatic rings. The third-order valence-corrected chi connectivity index (χ3v) is 8.09. The maximum Gasteiger partial charge on any atom is 0.0625 e. The quantitative estimate of drug-likeness (QED) is 0.626. The van der Waals surface area contributed by atoms with Crippen molar-refractivity contribution in [3.8, 4) is 0 Å². The Hall–Kier alpha value is -0.300. The van der Waals surface area contributed by atoms with Gasteiger partial charge in [0.25, 0.3) is 0 Å². The number of rotatable bonds is 0. The van der Waals surface area contributed by atoms with Gasteiger partial charge in [-0.1, -0.05) is 18.6 Å². The molecule has 1 nitrogen and oxygen atoms in total. The van der Waals surface area contributed by atoms with E-state index in [0.717, 1.165) is 42.4 Å². The lowest BCUT2D eigenvalue weighted by Gasteiger charge is -2.52. The molecule has 0 saturated heterocycles. The second-order valence-corrected chi connectivity index (χ2v) is 9.15. The van der Waals surface area contributed by atoms with Crippen LogP contribution < -0.4 is 0 Å². The van der Waals surface area contributed by atoms with Gasteiger partial charge in [0.15, 0.2) is 0 Å². The molecule has 4 aliphatic carbocycles. The van der Waals surface area contributed by atoms with E-state index in [-0.39, 0.29) is 5.60 Å². The Morgan fingerprint density at radius 3 is 2.57 bits per heavy atom. The predicted molar refractivity (Wildman–Crippen MR) is 86.9 cm³/mol. The molecule has 1 heteroatoms. The summed E-state index contributed by atoms with van der Waals surface area (Å²) in [7, 11) is 0. The average molecular weight is 288 g/mol. The summed E-state index contributed by atoms with van der Waals surface area (Å²) in [5.41, 5.74) is 1.91. The number of fused-ring (bicyclic) bond motifs is 5. The molecule has 0 aromatic rings. The Labute approximate surface area is 130 Å². The molecule has 0 spiro atoms. The van der Waals surface area contributed by atoms with Crippen molar-refractivity contribution in [2.45, 2.75) is 77.7 Å². The molecule has 0 aromatic carbocycles. The fraction of sp³-hybridized carbons (Fsp3) is 0.900. The van der Waals surface area contributed by atoms with E-state index in [1.54, 1.807) is 5.57 Å². The Morgan fingerprint density at radius 2 is 1.81 bits per heavy atom. The van der Waals surface area contributed by atoms with Crippen LogP contribution in [0.2, 0.25) is 0 Å². The van der Waals surface area contributed by atoms with E-state index in [0.29, 0.717) is 5.41 Å². The molecule has 0 bridgehead atoms. The van der Waals surface area contributed by atoms with Gasteiger partial charge in [0.2, 0.25) is 0 Å². The van der Waals surface area contributed by atoms with E-state index in [1.807, 2.05) is 0 Å². The molecule has 0 aromatic heterocycles. The van der Waals surface area contributed by atoms with Crippen LogP contribution in [0.5, 0.6) is 0 Å². The fourth-order valence-electron chi connectivity index (χ4n) is 7.28. The molecule has 0 radical (unpaired) electrons. The Morgan fingerprint density at radius 1 is 1.00 bits per heavy atom. The van der Waals surface area contributed by atoms with Crippen molar-refractivity contribution in [2.75, 3.05) is 0 Å². The minimum Gasteiger partial charge on any atom is -0.390 e. The standard InChI is InChI=1S/C20H32O/c1-4-14-6-8-18-16-7-5-13-11-19(2,21)12-17(13)15(16)9-10-20(14,18)3/h4,13,15-18,21H,5-12H2,1-3H3/b14-4-/t13-,15+,16-,17+,18+,19+,20-/m1/s1. The highest BCUT2D eigenvalue weighted by Gasteiger charge is 2.57. The van der Waals surface area contributed by atoms with Crippen molar-refractivity contribution in [3.05, 3.63) is 11.6 Å². The van der Waals surface area contributed by atoms with Crippen molar-refractivity contribution in [1.29, 1.82) is 0 Å². The maximum atomic E-state index is 10.5. The largest absolute Gasteiger partial charge is 0.390 e. The number of allylic oxidation sites excluding steroid dienone is 2. The van der Waals surface area contributed by atoms with Gasteiger partial charge in [-0.25, -0.2) is 0 Å². The maximum absolute atomic E-state index is 10.5. The summed E-state index contributed by atoms with van der Waals surface area (Å²) < 4.78 is 0. The van der Waals surface area contributed by atoms with Crippen LogP contribution in [0.4, 0.5) is 0 Å². The van der Waals surface area contributed by atoms with E-state index in [1.165, 1.54) is 38.5 Å². The first kappa shape index (κ1) is 14.3. The van der Waals surface area contributed by atoms with Crippen LogP contribution >= 0.6 is 0 Å². The lowest BCUT2D eigenvalue weighted by Crippen LogP contribution is -2.45. The predicted octanol–water partition coefficient (Wildman–Crippen LogP) is 4.95. The Bertz CT molecular complexity index is 462. The molecule has 0 heterocycles. The molecule has 1 N–H and O–H groups in total. The van der Waals surface area contributed by atoms with Gasteiger partial charge in [0.1, 0.15) is 0 Å². The van der Waals surface area contributed by atoms with Crippen molar-refractivity contribution < 1.29 is 5.11 Å². The van der Waals surface area contributed by atoms with Gasteiger partial charge in [-0.05, 0) is 100 Å². The van der Waals surface area contributed by atoms with E-state index < -0.39 is 0 Å². The zero-order chi connectivity index (χ0) is 14.8. The van der Waals surface area contributed by atoms with Crippen molar-refractivity contribution in [1.82, 2.24) is 0 Å². The van der Waals surface area contributed by atoms with Gasteiger partial charge in [-0.3, -0.25) is 0 Å². The third-order valence-electron chi connectivity index (χ3n) is 8.09. The van der Waals surface area contributed by atoms with Gasteiger partial charge >= 0.3 is 0 Å². The van der Waals surface area contributed by atoms with Gasteiger partial charge in [0.05, 0.1) is 5.60 Å². The van der Waals surface area contributed by atoms with Crippen molar-refractivity contribution >= 4 is 0 Å². The van der Waals surface area contributed by atoms with Gasteiger partial charge in [-0.15, -0.1) is 0 Å². The first-order valence-electron chi connectivity index (χ1n) is 9.33. The summed E-state index contributed by atoms with van der Waals surface area (Å²) in [6, 6.07) is 0. The molecule has 0 amide bonds.